The number of hydrogen-bond donors (Lipinski definition) is 0. The topological polar surface area (TPSA) is 0 Å². The van der Waals surface area contributed by atoms with Crippen LogP contribution in [0.4, 0.5) is 0 Å². The van der Waals surface area contributed by atoms with Gasteiger partial charge in [0.1, 0.15) is 0 Å². The van der Waals surface area contributed by atoms with Crippen LogP contribution in [0.15, 0.2) is 146 Å². The molecule has 0 aliphatic rings. The molecule has 0 aliphatic heterocycles. The van der Waals surface area contributed by atoms with Gasteiger partial charge in [0.05, 0.1) is 0 Å². The molecule has 0 unspecified atom stereocenters. The maximum absolute atomic E-state index is 2.39. The van der Waals surface area contributed by atoms with Crippen molar-refractivity contribution in [3.63, 3.8) is 0 Å². The van der Waals surface area contributed by atoms with E-state index in [4.69, 9.17) is 0 Å². The van der Waals surface area contributed by atoms with E-state index in [1.54, 1.807) is 0 Å². The van der Waals surface area contributed by atoms with Gasteiger partial charge in [-0.2, -0.15) is 0 Å². The molecule has 6 aromatic rings. The molecule has 4 radical (unpaired) electrons. The van der Waals surface area contributed by atoms with Crippen LogP contribution in [0.1, 0.15) is 33.4 Å². The van der Waals surface area contributed by atoms with Gasteiger partial charge in [0, 0.05) is 16.6 Å². The van der Waals surface area contributed by atoms with Gasteiger partial charge < -0.3 is 0 Å². The zero-order valence-corrected chi connectivity index (χ0v) is 38.1. The molecule has 0 nitrogen and oxygen atoms in total. The van der Waals surface area contributed by atoms with E-state index in [1.807, 2.05) is 0 Å². The Kier molecular flexibility index (Phi) is 15.4. The molecule has 6 aromatic carbocycles. The molecule has 0 aliphatic carbocycles. The Morgan fingerprint density at radius 2 is 0.360 bits per heavy atom. The van der Waals surface area contributed by atoms with Crippen molar-refractivity contribution in [3.8, 4) is 0 Å². The van der Waals surface area contributed by atoms with E-state index in [2.05, 4.69) is 213 Å². The quantitative estimate of drug-likeness (QED) is 0.145. The third-order valence-electron chi connectivity index (χ3n) is 9.04. The number of benzene rings is 6. The molecule has 0 fully saturated rings. The van der Waals surface area contributed by atoms with Crippen molar-refractivity contribution < 1.29 is 0 Å². The predicted molar refractivity (Wildman–Crippen MR) is 231 cm³/mol. The number of rotatable bonds is 7. The third kappa shape index (κ3) is 12.0. The Balaban J connectivity index is 0.000000194. The van der Waals surface area contributed by atoms with Crippen LogP contribution in [-0.4, -0.2) is 45.3 Å². The Morgan fingerprint density at radius 1 is 0.240 bits per heavy atom. The molecule has 0 saturated heterocycles. The second-order valence-electron chi connectivity index (χ2n) is 13.9. The average Bonchev–Trinajstić information content (AvgIpc) is 3.10. The van der Waals surface area contributed by atoms with Crippen molar-refractivity contribution in [2.75, 3.05) is 0 Å². The summed E-state index contributed by atoms with van der Waals surface area (Å²) >= 11 is -3.41. The Morgan fingerprint density at radius 3 is 0.460 bits per heavy atom. The zero-order valence-electron chi connectivity index (χ0n) is 31.9. The summed E-state index contributed by atoms with van der Waals surface area (Å²) in [6.07, 6.45) is 0. The van der Waals surface area contributed by atoms with Crippen LogP contribution < -0.4 is 26.4 Å². The van der Waals surface area contributed by atoms with Crippen molar-refractivity contribution in [3.05, 3.63) is 179 Å². The fraction of sp³-hybridized carbons (Fsp3) is 0.217. The van der Waals surface area contributed by atoms with Crippen molar-refractivity contribution >= 4 is 71.7 Å². The molecular weight excluding hydrogens is 754 g/mol. The summed E-state index contributed by atoms with van der Waals surface area (Å²) in [4.78, 5) is 0. The third-order valence-corrected chi connectivity index (χ3v) is 28.5. The maximum atomic E-state index is 2.39. The summed E-state index contributed by atoms with van der Waals surface area (Å²) in [5.74, 6) is 0. The van der Waals surface area contributed by atoms with Crippen molar-refractivity contribution in [1.29, 1.82) is 0 Å². The molecule has 0 bridgehead atoms. The van der Waals surface area contributed by atoms with E-state index in [1.165, 1.54) is 59.8 Å². The van der Waals surface area contributed by atoms with Gasteiger partial charge in [-0.15, -0.1) is 0 Å². The van der Waals surface area contributed by atoms with Crippen LogP contribution in [0, 0.1) is 41.5 Å². The van der Waals surface area contributed by atoms with Gasteiger partial charge in [0.15, 0.2) is 0 Å². The minimum absolute atomic E-state index is 0.150. The Hall–Kier alpha value is -3.16. The Bertz CT molecular complexity index is 1500. The Labute approximate surface area is 316 Å². The van der Waals surface area contributed by atoms with E-state index < -0.39 is 28.7 Å². The number of hydrogen-bond acceptors (Lipinski definition) is 0. The van der Waals surface area contributed by atoms with Gasteiger partial charge in [-0.1, -0.05) is 26.2 Å². The standard InChI is InChI=1S/2C21H21Ge.C4H12Si2/c2*1-16-4-10-19(11-5-16)22(20-12-6-17(2)7-13-20)21-14-8-18(3)9-15-21;1-5(2)6(3)4/h2*4-15H,1-3H3;1-4H3. The number of aryl methyl sites for hydroxylation is 6. The van der Waals surface area contributed by atoms with E-state index in [-0.39, 0.29) is 16.6 Å². The first-order valence-electron chi connectivity index (χ1n) is 17.7. The second kappa shape index (κ2) is 19.4. The molecular formula is C46H54Ge2Si2. The van der Waals surface area contributed by atoms with E-state index in [9.17, 15) is 0 Å². The molecule has 0 aromatic heterocycles. The molecule has 0 N–H and O–H groups in total. The fourth-order valence-corrected chi connectivity index (χ4v) is 15.8. The SMILES string of the molecule is C[Si](C)[Si](C)C.Cc1cc[c]([Ge]([c]2ccc(C)cc2)[c]2ccc(C)cc2)cc1.Cc1cc[c]([Ge]([c]2ccc(C)cc2)[c]2ccc(C)cc2)cc1. The van der Waals surface area contributed by atoms with Gasteiger partial charge in [-0.05, 0) is 0 Å². The molecule has 50 heavy (non-hydrogen) atoms. The molecule has 0 amide bonds. The second-order valence-corrected chi connectivity index (χ2v) is 34.4. The van der Waals surface area contributed by atoms with Crippen LogP contribution >= 0.6 is 0 Å². The van der Waals surface area contributed by atoms with Gasteiger partial charge in [0.2, 0.25) is 0 Å². The molecule has 254 valence electrons. The van der Waals surface area contributed by atoms with Crippen LogP contribution in [0.5, 0.6) is 0 Å². The van der Waals surface area contributed by atoms with E-state index in [0.29, 0.717) is 0 Å². The summed E-state index contributed by atoms with van der Waals surface area (Å²) in [7, 11) is 0.300. The molecule has 0 heterocycles. The van der Waals surface area contributed by atoms with Crippen LogP contribution in [0.3, 0.4) is 0 Å². The van der Waals surface area contributed by atoms with E-state index in [0.717, 1.165) is 0 Å². The monoisotopic (exact) mass is 810 g/mol. The van der Waals surface area contributed by atoms with Crippen LogP contribution in [0.25, 0.3) is 0 Å². The summed E-state index contributed by atoms with van der Waals surface area (Å²) in [6.45, 7) is 22.5. The van der Waals surface area contributed by atoms with Crippen molar-refractivity contribution in [2.45, 2.75) is 67.7 Å². The first-order valence-corrected chi connectivity index (χ1v) is 30.0. The average molecular weight is 808 g/mol. The summed E-state index contributed by atoms with van der Waals surface area (Å²) < 4.78 is 9.07. The van der Waals surface area contributed by atoms with Gasteiger partial charge in [-0.3, -0.25) is 0 Å². The summed E-state index contributed by atoms with van der Waals surface area (Å²) in [5, 5.41) is 0. The summed E-state index contributed by atoms with van der Waals surface area (Å²) in [5.41, 5.74) is 7.97. The molecule has 6 rings (SSSR count). The molecule has 0 saturated carbocycles. The van der Waals surface area contributed by atoms with Gasteiger partial charge in [0.25, 0.3) is 0 Å². The summed E-state index contributed by atoms with van der Waals surface area (Å²) in [6, 6.07) is 54.8. The normalized spacial score (nSPS) is 10.9. The first kappa shape index (κ1) is 39.6. The fourth-order valence-electron chi connectivity index (χ4n) is 5.32. The van der Waals surface area contributed by atoms with Crippen molar-refractivity contribution in [2.24, 2.45) is 0 Å². The van der Waals surface area contributed by atoms with Crippen LogP contribution in [0.2, 0.25) is 26.2 Å². The molecule has 0 atom stereocenters. The first-order chi connectivity index (χ1) is 23.9. The van der Waals surface area contributed by atoms with Crippen molar-refractivity contribution in [1.82, 2.24) is 0 Å². The molecule has 0 spiro atoms. The zero-order chi connectivity index (χ0) is 36.2. The van der Waals surface area contributed by atoms with Crippen LogP contribution in [-0.2, 0) is 0 Å². The van der Waals surface area contributed by atoms with Gasteiger partial charge >= 0.3 is 276 Å². The minimum atomic E-state index is -1.70. The molecule has 4 heteroatoms. The predicted octanol–water partition coefficient (Wildman–Crippen LogP) is 7.83. The van der Waals surface area contributed by atoms with Gasteiger partial charge in [-0.25, -0.2) is 0 Å². The van der Waals surface area contributed by atoms with E-state index >= 15 is 0 Å².